The number of halogens is 4. The molecule has 0 saturated heterocycles. The smallest absolute Gasteiger partial charge is 0.326 e. The molecule has 29 heavy (non-hydrogen) atoms. The van der Waals surface area contributed by atoms with Gasteiger partial charge in [0.25, 0.3) is 0 Å². The zero-order valence-corrected chi connectivity index (χ0v) is 16.3. The summed E-state index contributed by atoms with van der Waals surface area (Å²) in [7, 11) is 0. The number of carbonyl (C=O) groups excluding carboxylic acids is 2. The van der Waals surface area contributed by atoms with Gasteiger partial charge < -0.3 is 5.32 Å². The number of nitrogens with zero attached hydrogens (tertiary/aromatic N) is 1. The molecular formula is C20H19ClF3N3O2. The molecule has 0 aromatic heterocycles. The first kappa shape index (κ1) is 22.4. The zero-order chi connectivity index (χ0) is 21.4. The summed E-state index contributed by atoms with van der Waals surface area (Å²) >= 11 is 5.99. The molecule has 2 rings (SSSR count). The Bertz CT molecular complexity index is 914. The second-order valence-electron chi connectivity index (χ2n) is 6.19. The van der Waals surface area contributed by atoms with Crippen LogP contribution in [0.4, 0.5) is 18.9 Å². The van der Waals surface area contributed by atoms with Gasteiger partial charge in [0.1, 0.15) is 0 Å². The van der Waals surface area contributed by atoms with E-state index < -0.39 is 17.6 Å². The number of hydrazone groups is 1. The van der Waals surface area contributed by atoms with Crippen molar-refractivity contribution in [2.45, 2.75) is 32.4 Å². The molecule has 5 nitrogen and oxygen atoms in total. The van der Waals surface area contributed by atoms with E-state index in [1.54, 1.807) is 25.1 Å². The van der Waals surface area contributed by atoms with Gasteiger partial charge in [-0.05, 0) is 37.1 Å². The quantitative estimate of drug-likeness (QED) is 0.488. The summed E-state index contributed by atoms with van der Waals surface area (Å²) in [6.45, 7) is 1.78. The zero-order valence-electron chi connectivity index (χ0n) is 15.5. The van der Waals surface area contributed by atoms with E-state index in [9.17, 15) is 22.8 Å². The molecule has 154 valence electrons. The fourth-order valence-corrected chi connectivity index (χ4v) is 2.64. The van der Waals surface area contributed by atoms with Crippen LogP contribution < -0.4 is 10.7 Å². The number of alkyl halides is 3. The minimum Gasteiger partial charge on any atom is -0.326 e. The Labute approximate surface area is 170 Å². The highest BCUT2D eigenvalue weighted by atomic mass is 35.5. The maximum absolute atomic E-state index is 12.9. The Morgan fingerprint density at radius 1 is 1.07 bits per heavy atom. The van der Waals surface area contributed by atoms with Gasteiger partial charge in [0.15, 0.2) is 0 Å². The Kier molecular flexibility index (Phi) is 7.78. The van der Waals surface area contributed by atoms with Crippen molar-refractivity contribution in [2.24, 2.45) is 5.10 Å². The molecule has 0 bridgehead atoms. The first-order chi connectivity index (χ1) is 13.7. The Morgan fingerprint density at radius 3 is 2.48 bits per heavy atom. The molecule has 2 amide bonds. The largest absolute Gasteiger partial charge is 0.417 e. The van der Waals surface area contributed by atoms with Gasteiger partial charge in [-0.25, -0.2) is 5.43 Å². The predicted molar refractivity (Wildman–Crippen MR) is 106 cm³/mol. The molecule has 0 aliphatic rings. The highest BCUT2D eigenvalue weighted by molar-refractivity contribution is 6.31. The van der Waals surface area contributed by atoms with Crippen LogP contribution in [-0.2, 0) is 15.8 Å². The molecule has 0 atom stereocenters. The van der Waals surface area contributed by atoms with Gasteiger partial charge in [0.2, 0.25) is 11.8 Å². The highest BCUT2D eigenvalue weighted by Crippen LogP contribution is 2.31. The van der Waals surface area contributed by atoms with Crippen molar-refractivity contribution in [3.8, 4) is 0 Å². The molecular weight excluding hydrogens is 407 g/mol. The monoisotopic (exact) mass is 425 g/mol. The summed E-state index contributed by atoms with van der Waals surface area (Å²) in [6, 6.07) is 10.1. The Hall–Kier alpha value is -2.87. The topological polar surface area (TPSA) is 70.6 Å². The van der Waals surface area contributed by atoms with Crippen LogP contribution in [-0.4, -0.2) is 18.0 Å². The lowest BCUT2D eigenvalue weighted by atomic mass is 10.1. The van der Waals surface area contributed by atoms with Crippen LogP contribution in [0.5, 0.6) is 0 Å². The fourth-order valence-electron chi connectivity index (χ4n) is 2.46. The maximum Gasteiger partial charge on any atom is 0.417 e. The first-order valence-corrected chi connectivity index (χ1v) is 9.09. The average Bonchev–Trinajstić information content (AvgIpc) is 2.65. The second-order valence-corrected chi connectivity index (χ2v) is 6.60. The van der Waals surface area contributed by atoms with Crippen molar-refractivity contribution in [1.82, 2.24) is 5.43 Å². The van der Waals surface area contributed by atoms with Gasteiger partial charge in [0, 0.05) is 29.1 Å². The van der Waals surface area contributed by atoms with Crippen molar-refractivity contribution < 1.29 is 22.8 Å². The van der Waals surface area contributed by atoms with Crippen LogP contribution in [0.2, 0.25) is 5.02 Å². The van der Waals surface area contributed by atoms with E-state index in [0.29, 0.717) is 10.7 Å². The standard InChI is InChI=1S/C20H19ClF3N3O2/c1-13-16(21)8-4-9-17(13)26-18(28)10-5-11-19(29)27-25-12-14-6-2-3-7-15(14)20(22,23)24/h2-4,6-9,12H,5,10-11H2,1H3,(H,26,28)(H,27,29)/b25-12-. The Morgan fingerprint density at radius 2 is 1.76 bits per heavy atom. The maximum atomic E-state index is 12.9. The number of nitrogens with one attached hydrogen (secondary N) is 2. The number of anilines is 1. The van der Waals surface area contributed by atoms with Crippen LogP contribution >= 0.6 is 11.6 Å². The molecule has 2 aromatic rings. The average molecular weight is 426 g/mol. The SMILES string of the molecule is Cc1c(Cl)cccc1NC(=O)CCCC(=O)N/N=C\c1ccccc1C(F)(F)F. The van der Waals surface area contributed by atoms with Crippen LogP contribution in [0, 0.1) is 6.92 Å². The van der Waals surface area contributed by atoms with E-state index in [0.717, 1.165) is 17.8 Å². The van der Waals surface area contributed by atoms with E-state index in [1.165, 1.54) is 18.2 Å². The number of benzene rings is 2. The van der Waals surface area contributed by atoms with E-state index >= 15 is 0 Å². The van der Waals surface area contributed by atoms with Gasteiger partial charge in [-0.2, -0.15) is 18.3 Å². The second kappa shape index (κ2) is 10.1. The molecule has 0 aliphatic heterocycles. The number of hydrogen-bond acceptors (Lipinski definition) is 3. The third-order valence-corrected chi connectivity index (χ3v) is 4.42. The third-order valence-electron chi connectivity index (χ3n) is 4.01. The molecule has 0 radical (unpaired) electrons. The molecule has 0 spiro atoms. The van der Waals surface area contributed by atoms with E-state index in [2.05, 4.69) is 15.8 Å². The third kappa shape index (κ3) is 6.90. The van der Waals surface area contributed by atoms with Crippen LogP contribution in [0.15, 0.2) is 47.6 Å². The molecule has 9 heteroatoms. The van der Waals surface area contributed by atoms with Crippen LogP contribution in [0.25, 0.3) is 0 Å². The van der Waals surface area contributed by atoms with Crippen LogP contribution in [0.1, 0.15) is 36.0 Å². The normalized spacial score (nSPS) is 11.5. The summed E-state index contributed by atoms with van der Waals surface area (Å²) < 4.78 is 38.7. The molecule has 0 heterocycles. The van der Waals surface area contributed by atoms with Crippen molar-refractivity contribution >= 4 is 35.3 Å². The molecule has 0 saturated carbocycles. The van der Waals surface area contributed by atoms with Gasteiger partial charge in [-0.1, -0.05) is 35.9 Å². The minimum absolute atomic E-state index is 0.000204. The summed E-state index contributed by atoms with van der Waals surface area (Å²) in [4.78, 5) is 23.7. The summed E-state index contributed by atoms with van der Waals surface area (Å²) in [5.74, 6) is -0.775. The van der Waals surface area contributed by atoms with Crippen molar-refractivity contribution in [1.29, 1.82) is 0 Å². The Balaban J connectivity index is 1.79. The summed E-state index contributed by atoms with van der Waals surface area (Å²) in [5, 5.41) is 6.82. The first-order valence-electron chi connectivity index (χ1n) is 8.71. The number of hydrogen-bond donors (Lipinski definition) is 2. The van der Waals surface area contributed by atoms with Gasteiger partial charge >= 0.3 is 6.18 Å². The summed E-state index contributed by atoms with van der Waals surface area (Å²) in [6.07, 6.45) is -3.22. The number of carbonyl (C=O) groups is 2. The molecule has 0 fully saturated rings. The van der Waals surface area contributed by atoms with Gasteiger partial charge in [-0.3, -0.25) is 9.59 Å². The van der Waals surface area contributed by atoms with Crippen LogP contribution in [0.3, 0.4) is 0 Å². The van der Waals surface area contributed by atoms with Crippen molar-refractivity contribution in [3.05, 3.63) is 64.2 Å². The molecule has 2 aromatic carbocycles. The van der Waals surface area contributed by atoms with Crippen molar-refractivity contribution in [3.63, 3.8) is 0 Å². The minimum atomic E-state index is -4.51. The van der Waals surface area contributed by atoms with Gasteiger partial charge in [0.05, 0.1) is 11.8 Å². The van der Waals surface area contributed by atoms with E-state index in [-0.39, 0.29) is 30.7 Å². The molecule has 0 unspecified atom stereocenters. The predicted octanol–water partition coefficient (Wildman–Crippen LogP) is 4.93. The fraction of sp³-hybridized carbons (Fsp3) is 0.250. The van der Waals surface area contributed by atoms with Gasteiger partial charge in [-0.15, -0.1) is 0 Å². The summed E-state index contributed by atoms with van der Waals surface area (Å²) in [5.41, 5.74) is 2.51. The number of amides is 2. The highest BCUT2D eigenvalue weighted by Gasteiger charge is 2.32. The molecule has 0 aliphatic carbocycles. The van der Waals surface area contributed by atoms with E-state index in [4.69, 9.17) is 11.6 Å². The lowest BCUT2D eigenvalue weighted by Crippen LogP contribution is -2.19. The van der Waals surface area contributed by atoms with E-state index in [1.807, 2.05) is 0 Å². The number of rotatable bonds is 7. The lowest BCUT2D eigenvalue weighted by Gasteiger charge is -2.09. The van der Waals surface area contributed by atoms with Crippen molar-refractivity contribution in [2.75, 3.05) is 5.32 Å². The lowest BCUT2D eigenvalue weighted by molar-refractivity contribution is -0.137. The molecule has 2 N–H and O–H groups in total.